The van der Waals surface area contributed by atoms with Gasteiger partial charge in [0.25, 0.3) is 0 Å². The van der Waals surface area contributed by atoms with Crippen molar-refractivity contribution in [3.63, 3.8) is 0 Å². The number of benzene rings is 1. The maximum absolute atomic E-state index is 11.3. The predicted octanol–water partition coefficient (Wildman–Crippen LogP) is 2.89. The molecule has 1 rings (SSSR count). The van der Waals surface area contributed by atoms with Gasteiger partial charge in [0.15, 0.2) is 0 Å². The minimum Gasteiger partial charge on any atom is -0.325 e. The van der Waals surface area contributed by atoms with Crippen molar-refractivity contribution >= 4 is 39.1 Å². The largest absolute Gasteiger partial charge is 0.325 e. The summed E-state index contributed by atoms with van der Waals surface area (Å²) in [6.07, 6.45) is 0.235. The first kappa shape index (κ1) is 12.0. The molecule has 15 heavy (non-hydrogen) atoms. The van der Waals surface area contributed by atoms with Crippen LogP contribution in [0.5, 0.6) is 0 Å². The van der Waals surface area contributed by atoms with Crippen molar-refractivity contribution in [3.8, 4) is 6.07 Å². The van der Waals surface area contributed by atoms with E-state index in [9.17, 15) is 4.79 Å². The number of carbonyl (C=O) groups excluding carboxylic acids is 1. The molecule has 1 aromatic carbocycles. The van der Waals surface area contributed by atoms with Gasteiger partial charge in [-0.25, -0.2) is 0 Å². The zero-order chi connectivity index (χ0) is 11.3. The van der Waals surface area contributed by atoms with Crippen LogP contribution < -0.4 is 5.32 Å². The van der Waals surface area contributed by atoms with Crippen molar-refractivity contribution in [2.24, 2.45) is 0 Å². The fourth-order valence-corrected chi connectivity index (χ4v) is 1.55. The Morgan fingerprint density at radius 3 is 2.93 bits per heavy atom. The second-order valence-electron chi connectivity index (χ2n) is 2.79. The van der Waals surface area contributed by atoms with Crippen molar-refractivity contribution in [1.82, 2.24) is 0 Å². The number of hydrogen-bond acceptors (Lipinski definition) is 2. The van der Waals surface area contributed by atoms with Crippen LogP contribution in [0.1, 0.15) is 12.0 Å². The van der Waals surface area contributed by atoms with Crippen LogP contribution >= 0.6 is 27.5 Å². The number of alkyl halides is 1. The van der Waals surface area contributed by atoms with E-state index in [-0.39, 0.29) is 18.2 Å². The highest BCUT2D eigenvalue weighted by Crippen LogP contribution is 2.20. The van der Waals surface area contributed by atoms with Crippen molar-refractivity contribution < 1.29 is 4.79 Å². The topological polar surface area (TPSA) is 52.9 Å². The van der Waals surface area contributed by atoms with Crippen LogP contribution in [-0.2, 0) is 4.79 Å². The monoisotopic (exact) mass is 286 g/mol. The molecular formula is C10H8BrClN2O. The third kappa shape index (κ3) is 3.54. The smallest absolute Gasteiger partial charge is 0.225 e. The number of rotatable bonds is 3. The average molecular weight is 288 g/mol. The van der Waals surface area contributed by atoms with Gasteiger partial charge in [-0.3, -0.25) is 4.79 Å². The van der Waals surface area contributed by atoms with Gasteiger partial charge in [0.1, 0.15) is 6.07 Å². The Bertz CT molecular complexity index is 414. The van der Waals surface area contributed by atoms with Crippen molar-refractivity contribution in [2.75, 3.05) is 11.2 Å². The number of nitrogens with zero attached hydrogens (tertiary/aromatic N) is 1. The summed E-state index contributed by atoms with van der Waals surface area (Å²) in [5.41, 5.74) is 0.933. The minimum absolute atomic E-state index is 0.195. The molecule has 3 nitrogen and oxygen atoms in total. The number of amides is 1. The summed E-state index contributed by atoms with van der Waals surface area (Å²) in [6.45, 7) is 0. The van der Waals surface area contributed by atoms with Gasteiger partial charge < -0.3 is 5.32 Å². The van der Waals surface area contributed by atoms with E-state index in [1.54, 1.807) is 18.2 Å². The Labute approximate surface area is 101 Å². The molecule has 0 aromatic heterocycles. The molecule has 0 unspecified atom stereocenters. The highest BCUT2D eigenvalue weighted by atomic mass is 79.9. The number of hydrogen-bond donors (Lipinski definition) is 1. The molecule has 0 aliphatic heterocycles. The summed E-state index contributed by atoms with van der Waals surface area (Å²) < 4.78 is 0.808. The molecule has 0 atom stereocenters. The molecular weight excluding hydrogens is 279 g/mol. The van der Waals surface area contributed by atoms with Gasteiger partial charge in [0.2, 0.25) is 5.91 Å². The molecule has 0 heterocycles. The van der Waals surface area contributed by atoms with Crippen LogP contribution in [0.15, 0.2) is 22.7 Å². The number of carbonyl (C=O) groups is 1. The molecule has 78 valence electrons. The number of halogens is 2. The van der Waals surface area contributed by atoms with Crippen LogP contribution in [0, 0.1) is 11.3 Å². The molecule has 0 radical (unpaired) electrons. The van der Waals surface area contributed by atoms with E-state index in [1.807, 2.05) is 6.07 Å². The van der Waals surface area contributed by atoms with Crippen molar-refractivity contribution in [1.29, 1.82) is 5.26 Å². The van der Waals surface area contributed by atoms with E-state index < -0.39 is 0 Å². The van der Waals surface area contributed by atoms with E-state index in [1.165, 1.54) is 0 Å². The second-order valence-corrected chi connectivity index (χ2v) is 4.08. The SMILES string of the molecule is N#Cc1ccc(Br)cc1NC(=O)CCCl. The number of nitrogens with one attached hydrogen (secondary N) is 1. The first-order valence-electron chi connectivity index (χ1n) is 4.23. The predicted molar refractivity (Wildman–Crippen MR) is 62.8 cm³/mol. The van der Waals surface area contributed by atoms with Gasteiger partial charge in [-0.2, -0.15) is 5.26 Å². The molecule has 5 heteroatoms. The number of anilines is 1. The fraction of sp³-hybridized carbons (Fsp3) is 0.200. The van der Waals surface area contributed by atoms with Crippen molar-refractivity contribution in [3.05, 3.63) is 28.2 Å². The summed E-state index contributed by atoms with van der Waals surface area (Å²) in [7, 11) is 0. The first-order chi connectivity index (χ1) is 7.17. The molecule has 0 spiro atoms. The molecule has 0 aliphatic carbocycles. The quantitative estimate of drug-likeness (QED) is 0.869. The Hall–Kier alpha value is -1.05. The lowest BCUT2D eigenvalue weighted by Gasteiger charge is -2.06. The average Bonchev–Trinajstić information content (AvgIpc) is 2.18. The summed E-state index contributed by atoms with van der Waals surface area (Å²) >= 11 is 8.70. The third-order valence-corrected chi connectivity index (χ3v) is 2.38. The summed E-state index contributed by atoms with van der Waals surface area (Å²) in [5, 5.41) is 11.4. The maximum atomic E-state index is 11.3. The Balaban J connectivity index is 2.88. The normalized spacial score (nSPS) is 9.40. The molecule has 0 bridgehead atoms. The molecule has 1 amide bonds. The molecule has 1 N–H and O–H groups in total. The van der Waals surface area contributed by atoms with Crippen LogP contribution in [0.25, 0.3) is 0 Å². The lowest BCUT2D eigenvalue weighted by atomic mass is 10.2. The van der Waals surface area contributed by atoms with Crippen LogP contribution in [0.3, 0.4) is 0 Å². The Kier molecular flexibility index (Phi) is 4.60. The summed E-state index contributed by atoms with van der Waals surface area (Å²) in [6, 6.07) is 7.07. The molecule has 0 aliphatic rings. The van der Waals surface area contributed by atoms with Gasteiger partial charge >= 0.3 is 0 Å². The minimum atomic E-state index is -0.195. The summed E-state index contributed by atoms with van der Waals surface area (Å²) in [5.74, 6) is 0.0708. The number of nitriles is 1. The zero-order valence-corrected chi connectivity index (χ0v) is 10.1. The van der Waals surface area contributed by atoms with E-state index in [0.29, 0.717) is 11.3 Å². The lowest BCUT2D eigenvalue weighted by Crippen LogP contribution is -2.12. The van der Waals surface area contributed by atoms with Crippen LogP contribution in [0.4, 0.5) is 5.69 Å². The maximum Gasteiger partial charge on any atom is 0.225 e. The highest BCUT2D eigenvalue weighted by molar-refractivity contribution is 9.10. The zero-order valence-electron chi connectivity index (χ0n) is 7.76. The van der Waals surface area contributed by atoms with Gasteiger partial charge in [0, 0.05) is 16.8 Å². The van der Waals surface area contributed by atoms with E-state index in [4.69, 9.17) is 16.9 Å². The molecule has 0 saturated heterocycles. The van der Waals surface area contributed by atoms with E-state index >= 15 is 0 Å². The Morgan fingerprint density at radius 1 is 1.60 bits per heavy atom. The van der Waals surface area contributed by atoms with Gasteiger partial charge in [-0.1, -0.05) is 15.9 Å². The lowest BCUT2D eigenvalue weighted by molar-refractivity contribution is -0.115. The van der Waals surface area contributed by atoms with Crippen LogP contribution in [0.2, 0.25) is 0 Å². The molecule has 1 aromatic rings. The van der Waals surface area contributed by atoms with Crippen molar-refractivity contribution in [2.45, 2.75) is 6.42 Å². The van der Waals surface area contributed by atoms with Crippen LogP contribution in [-0.4, -0.2) is 11.8 Å². The summed E-state index contributed by atoms with van der Waals surface area (Å²) in [4.78, 5) is 11.3. The van der Waals surface area contributed by atoms with Gasteiger partial charge in [0.05, 0.1) is 11.3 Å². The van der Waals surface area contributed by atoms with Gasteiger partial charge in [-0.15, -0.1) is 11.6 Å². The van der Waals surface area contributed by atoms with E-state index in [2.05, 4.69) is 21.2 Å². The highest BCUT2D eigenvalue weighted by Gasteiger charge is 2.06. The molecule has 0 saturated carbocycles. The molecule has 0 fully saturated rings. The van der Waals surface area contributed by atoms with Gasteiger partial charge in [-0.05, 0) is 18.2 Å². The third-order valence-electron chi connectivity index (χ3n) is 1.70. The second kappa shape index (κ2) is 5.74. The Morgan fingerprint density at radius 2 is 2.33 bits per heavy atom. The first-order valence-corrected chi connectivity index (χ1v) is 5.55. The fourth-order valence-electron chi connectivity index (χ4n) is 1.02. The standard InChI is InChI=1S/C10H8BrClN2O/c11-8-2-1-7(6-13)9(5-8)14-10(15)3-4-12/h1-2,5H,3-4H2,(H,14,15). The van der Waals surface area contributed by atoms with E-state index in [0.717, 1.165) is 4.47 Å².